The second-order valence-corrected chi connectivity index (χ2v) is 6.81. The monoisotopic (exact) mass is 475 g/mol. The number of methoxy groups -OCH3 is 1. The molecule has 1 unspecified atom stereocenters. The number of hydrogen-bond acceptors (Lipinski definition) is 3. The summed E-state index contributed by atoms with van der Waals surface area (Å²) in [6, 6.07) is 8.37. The van der Waals surface area contributed by atoms with E-state index in [1.54, 1.807) is 7.11 Å². The van der Waals surface area contributed by atoms with Crippen LogP contribution >= 0.6 is 24.0 Å². The van der Waals surface area contributed by atoms with E-state index in [9.17, 15) is 5.11 Å². The number of nitrogens with one attached hydrogen (secondary N) is 1. The summed E-state index contributed by atoms with van der Waals surface area (Å²) < 4.78 is 5.24. The molecule has 148 valence electrons. The Morgan fingerprint density at radius 2 is 1.92 bits per heavy atom. The van der Waals surface area contributed by atoms with Crippen LogP contribution in [0.15, 0.2) is 29.3 Å². The van der Waals surface area contributed by atoms with Crippen molar-refractivity contribution in [3.05, 3.63) is 29.8 Å². The normalized spacial score (nSPS) is 17.8. The van der Waals surface area contributed by atoms with E-state index in [4.69, 9.17) is 9.73 Å². The van der Waals surface area contributed by atoms with Crippen molar-refractivity contribution in [3.8, 4) is 5.75 Å². The Bertz CT molecular complexity index is 559. The van der Waals surface area contributed by atoms with E-state index in [-0.39, 0.29) is 24.0 Å². The molecule has 2 N–H and O–H groups in total. The van der Waals surface area contributed by atoms with Gasteiger partial charge in [-0.3, -0.25) is 4.99 Å². The number of benzene rings is 1. The summed E-state index contributed by atoms with van der Waals surface area (Å²) in [5, 5.41) is 13.9. The minimum Gasteiger partial charge on any atom is -0.497 e. The average molecular weight is 475 g/mol. The third-order valence-corrected chi connectivity index (χ3v) is 5.25. The predicted molar refractivity (Wildman–Crippen MR) is 119 cm³/mol. The lowest BCUT2D eigenvalue weighted by atomic mass is 9.98. The topological polar surface area (TPSA) is 57.1 Å². The first kappa shape index (κ1) is 23.0. The second-order valence-electron chi connectivity index (χ2n) is 6.81. The fourth-order valence-electron chi connectivity index (χ4n) is 3.22. The van der Waals surface area contributed by atoms with Crippen LogP contribution in [0.2, 0.25) is 0 Å². The molecule has 0 amide bonds. The fourth-order valence-corrected chi connectivity index (χ4v) is 3.22. The Morgan fingerprint density at radius 3 is 2.46 bits per heavy atom. The van der Waals surface area contributed by atoms with Crippen molar-refractivity contribution in [2.24, 2.45) is 4.99 Å². The number of ether oxygens (including phenoxy) is 1. The second kappa shape index (κ2) is 11.0. The van der Waals surface area contributed by atoms with E-state index in [2.05, 4.69) is 29.3 Å². The molecule has 26 heavy (non-hydrogen) atoms. The molecule has 0 aliphatic carbocycles. The summed E-state index contributed by atoms with van der Waals surface area (Å²) in [5.74, 6) is 2.32. The molecule has 1 saturated heterocycles. The van der Waals surface area contributed by atoms with Crippen molar-refractivity contribution in [3.63, 3.8) is 0 Å². The highest BCUT2D eigenvalue weighted by Crippen LogP contribution is 2.28. The van der Waals surface area contributed by atoms with Crippen molar-refractivity contribution in [2.75, 3.05) is 33.3 Å². The van der Waals surface area contributed by atoms with E-state index in [1.165, 1.54) is 5.56 Å². The molecule has 2 rings (SSSR count). The first-order valence-electron chi connectivity index (χ1n) is 9.44. The molecule has 1 aliphatic rings. The van der Waals surface area contributed by atoms with Crippen molar-refractivity contribution in [2.45, 2.75) is 51.6 Å². The number of guanidine groups is 1. The molecule has 0 spiro atoms. The number of hydrogen-bond donors (Lipinski definition) is 2. The molecular formula is C20H34IN3O2. The van der Waals surface area contributed by atoms with Gasteiger partial charge in [-0.2, -0.15) is 0 Å². The van der Waals surface area contributed by atoms with E-state index >= 15 is 0 Å². The maximum atomic E-state index is 10.5. The Labute approximate surface area is 175 Å². The lowest BCUT2D eigenvalue weighted by molar-refractivity contribution is 0.0416. The Balaban J connectivity index is 0.00000338. The third-order valence-electron chi connectivity index (χ3n) is 5.25. The highest BCUT2D eigenvalue weighted by atomic mass is 127. The zero-order chi connectivity index (χ0) is 18.3. The van der Waals surface area contributed by atoms with Crippen molar-refractivity contribution in [1.29, 1.82) is 0 Å². The summed E-state index contributed by atoms with van der Waals surface area (Å²) >= 11 is 0. The molecule has 1 aromatic rings. The Kier molecular flexibility index (Phi) is 9.71. The van der Waals surface area contributed by atoms with Gasteiger partial charge in [0.25, 0.3) is 0 Å². The van der Waals surface area contributed by atoms with Gasteiger partial charge in [0.15, 0.2) is 5.96 Å². The lowest BCUT2D eigenvalue weighted by Gasteiger charge is -2.26. The summed E-state index contributed by atoms with van der Waals surface area (Å²) in [5.41, 5.74) is 0.647. The first-order valence-corrected chi connectivity index (χ1v) is 9.44. The quantitative estimate of drug-likeness (QED) is 0.360. The summed E-state index contributed by atoms with van der Waals surface area (Å²) in [7, 11) is 1.69. The van der Waals surface area contributed by atoms with Gasteiger partial charge in [0.05, 0.1) is 19.3 Å². The van der Waals surface area contributed by atoms with Crippen LogP contribution in [0, 0.1) is 0 Å². The van der Waals surface area contributed by atoms with Gasteiger partial charge in [-0.05, 0) is 43.9 Å². The van der Waals surface area contributed by atoms with Crippen LogP contribution in [0.25, 0.3) is 0 Å². The summed E-state index contributed by atoms with van der Waals surface area (Å²) in [6.45, 7) is 9.33. The predicted octanol–water partition coefficient (Wildman–Crippen LogP) is 3.62. The van der Waals surface area contributed by atoms with Gasteiger partial charge in [-0.15, -0.1) is 24.0 Å². The van der Waals surface area contributed by atoms with Crippen molar-refractivity contribution < 1.29 is 9.84 Å². The zero-order valence-corrected chi connectivity index (χ0v) is 18.8. The van der Waals surface area contributed by atoms with Crippen molar-refractivity contribution in [1.82, 2.24) is 10.2 Å². The van der Waals surface area contributed by atoms with E-state index in [0.717, 1.165) is 50.6 Å². The standard InChI is InChI=1S/C20H33N3O2.HI/c1-5-20(24,6-2)15-22-19(21-7-3)23-13-12-17(14-23)16-8-10-18(25-4)11-9-16;/h8-11,17,24H,5-7,12-15H2,1-4H3,(H,21,22);1H. The molecule has 5 nitrogen and oxygen atoms in total. The lowest BCUT2D eigenvalue weighted by Crippen LogP contribution is -2.41. The Morgan fingerprint density at radius 1 is 1.27 bits per heavy atom. The van der Waals surface area contributed by atoms with Crippen LogP contribution in [0.5, 0.6) is 5.75 Å². The van der Waals surface area contributed by atoms with Gasteiger partial charge in [0.2, 0.25) is 0 Å². The minimum absolute atomic E-state index is 0. The molecule has 1 fully saturated rings. The number of likely N-dealkylation sites (tertiary alicyclic amines) is 1. The van der Waals surface area contributed by atoms with Crippen LogP contribution in [0.4, 0.5) is 0 Å². The van der Waals surface area contributed by atoms with Crippen molar-refractivity contribution >= 4 is 29.9 Å². The molecule has 1 heterocycles. The maximum absolute atomic E-state index is 10.5. The molecule has 0 saturated carbocycles. The molecule has 0 radical (unpaired) electrons. The van der Waals surface area contributed by atoms with E-state index < -0.39 is 5.60 Å². The molecule has 6 heteroatoms. The van der Waals surface area contributed by atoms with E-state index in [1.807, 2.05) is 26.0 Å². The highest BCUT2D eigenvalue weighted by Gasteiger charge is 2.27. The van der Waals surface area contributed by atoms with E-state index in [0.29, 0.717) is 12.5 Å². The Hall–Kier alpha value is -1.02. The van der Waals surface area contributed by atoms with Gasteiger partial charge in [0.1, 0.15) is 5.75 Å². The zero-order valence-electron chi connectivity index (χ0n) is 16.5. The average Bonchev–Trinajstić information content (AvgIpc) is 3.15. The SMILES string of the molecule is CCNC(=NCC(O)(CC)CC)N1CCC(c2ccc(OC)cc2)C1.I. The van der Waals surface area contributed by atoms with Crippen LogP contribution < -0.4 is 10.1 Å². The van der Waals surface area contributed by atoms with Crippen LogP contribution in [0.1, 0.15) is 51.5 Å². The number of aliphatic hydroxyl groups is 1. The maximum Gasteiger partial charge on any atom is 0.194 e. The fraction of sp³-hybridized carbons (Fsp3) is 0.650. The van der Waals surface area contributed by atoms with Gasteiger partial charge < -0.3 is 20.1 Å². The number of nitrogens with zero attached hydrogens (tertiary/aromatic N) is 2. The number of aliphatic imine (C=N–C) groups is 1. The van der Waals surface area contributed by atoms with Gasteiger partial charge in [0, 0.05) is 25.6 Å². The minimum atomic E-state index is -0.699. The van der Waals surface area contributed by atoms with Crippen LogP contribution in [0.3, 0.4) is 0 Å². The molecule has 1 aliphatic heterocycles. The molecule has 1 atom stereocenters. The highest BCUT2D eigenvalue weighted by molar-refractivity contribution is 14.0. The van der Waals surface area contributed by atoms with Gasteiger partial charge in [-0.1, -0.05) is 26.0 Å². The largest absolute Gasteiger partial charge is 0.497 e. The first-order chi connectivity index (χ1) is 12.0. The van der Waals surface area contributed by atoms with Gasteiger partial charge in [-0.25, -0.2) is 0 Å². The molecule has 1 aromatic carbocycles. The van der Waals surface area contributed by atoms with Crippen LogP contribution in [-0.4, -0.2) is 54.9 Å². The third kappa shape index (κ3) is 6.01. The number of halogens is 1. The summed E-state index contributed by atoms with van der Waals surface area (Å²) in [6.07, 6.45) is 2.56. The number of rotatable bonds is 7. The van der Waals surface area contributed by atoms with Crippen LogP contribution in [-0.2, 0) is 0 Å². The summed E-state index contributed by atoms with van der Waals surface area (Å²) in [4.78, 5) is 7.04. The molecule has 0 bridgehead atoms. The molecule has 0 aromatic heterocycles. The van der Waals surface area contributed by atoms with Gasteiger partial charge >= 0.3 is 0 Å². The smallest absolute Gasteiger partial charge is 0.194 e. The molecular weight excluding hydrogens is 441 g/mol.